The lowest BCUT2D eigenvalue weighted by Crippen LogP contribution is -2.08. The van der Waals surface area contributed by atoms with Crippen molar-refractivity contribution in [1.82, 2.24) is 0 Å². The lowest BCUT2D eigenvalue weighted by Gasteiger charge is -2.14. The van der Waals surface area contributed by atoms with Crippen LogP contribution in [0, 0.1) is 24.7 Å². The van der Waals surface area contributed by atoms with E-state index in [2.05, 4.69) is 27.7 Å². The molecular formula is C10H16. The second-order valence-corrected chi connectivity index (χ2v) is 3.52. The monoisotopic (exact) mass is 136 g/mol. The summed E-state index contributed by atoms with van der Waals surface area (Å²) in [7, 11) is 0. The van der Waals surface area contributed by atoms with Crippen molar-refractivity contribution in [2.45, 2.75) is 27.7 Å². The van der Waals surface area contributed by atoms with E-state index in [1.54, 1.807) is 0 Å². The van der Waals surface area contributed by atoms with Crippen LogP contribution in [0.5, 0.6) is 0 Å². The van der Waals surface area contributed by atoms with Gasteiger partial charge in [-0.2, -0.15) is 0 Å². The number of allylic oxidation sites excluding steroid dienone is 2. The fourth-order valence-electron chi connectivity index (χ4n) is 1.73. The first-order valence-corrected chi connectivity index (χ1v) is 3.98. The fourth-order valence-corrected chi connectivity index (χ4v) is 1.73. The molecule has 0 saturated heterocycles. The Balaban J connectivity index is 2.88. The highest BCUT2D eigenvalue weighted by molar-refractivity contribution is 5.23. The summed E-state index contributed by atoms with van der Waals surface area (Å²) in [6.07, 6.45) is 0. The van der Waals surface area contributed by atoms with Crippen molar-refractivity contribution < 1.29 is 0 Å². The average Bonchev–Trinajstić information content (AvgIpc) is 2.07. The molecule has 0 aliphatic heterocycles. The van der Waals surface area contributed by atoms with E-state index in [1.165, 1.54) is 11.1 Å². The largest absolute Gasteiger partial charge is 0.0710 e. The van der Waals surface area contributed by atoms with Crippen LogP contribution in [0.3, 0.4) is 0 Å². The predicted molar refractivity (Wildman–Crippen MR) is 44.5 cm³/mol. The maximum Gasteiger partial charge on any atom is -0.0195 e. The number of hydrogen-bond acceptors (Lipinski definition) is 0. The van der Waals surface area contributed by atoms with Gasteiger partial charge in [0.15, 0.2) is 0 Å². The van der Waals surface area contributed by atoms with Crippen molar-refractivity contribution in [3.8, 4) is 0 Å². The zero-order valence-electron chi connectivity index (χ0n) is 7.31. The molecule has 0 aromatic carbocycles. The molecule has 1 aliphatic carbocycles. The minimum absolute atomic E-state index is 0.361. The topological polar surface area (TPSA) is 0 Å². The Bertz CT molecular complexity index is 147. The first-order valence-electron chi connectivity index (χ1n) is 3.98. The Morgan fingerprint density at radius 1 is 1.00 bits per heavy atom. The molecule has 0 fully saturated rings. The minimum atomic E-state index is 0.361. The third-order valence-corrected chi connectivity index (χ3v) is 3.14. The highest BCUT2D eigenvalue weighted by atomic mass is 14.3. The zero-order valence-corrected chi connectivity index (χ0v) is 7.31. The van der Waals surface area contributed by atoms with Gasteiger partial charge in [0, 0.05) is 0 Å². The van der Waals surface area contributed by atoms with Crippen LogP contribution in [0.1, 0.15) is 27.7 Å². The Morgan fingerprint density at radius 3 is 1.40 bits per heavy atom. The molecule has 56 valence electrons. The number of hydrogen-bond donors (Lipinski definition) is 0. The summed E-state index contributed by atoms with van der Waals surface area (Å²) in [6.45, 7) is 14.8. The van der Waals surface area contributed by atoms with Gasteiger partial charge in [0.25, 0.3) is 0 Å². The third kappa shape index (κ3) is 0.902. The summed E-state index contributed by atoms with van der Waals surface area (Å²) >= 11 is 0. The van der Waals surface area contributed by atoms with Crippen molar-refractivity contribution in [3.63, 3.8) is 0 Å². The molecule has 0 bridgehead atoms. The Hall–Kier alpha value is -0.260. The van der Waals surface area contributed by atoms with Gasteiger partial charge in [0.2, 0.25) is 0 Å². The first-order chi connectivity index (χ1) is 4.55. The van der Waals surface area contributed by atoms with Crippen LogP contribution in [0.15, 0.2) is 11.1 Å². The highest BCUT2D eigenvalue weighted by Crippen LogP contribution is 2.40. The lowest BCUT2D eigenvalue weighted by molar-refractivity contribution is 0.433. The van der Waals surface area contributed by atoms with E-state index in [0.717, 1.165) is 0 Å². The predicted octanol–water partition coefficient (Wildman–Crippen LogP) is 2.94. The van der Waals surface area contributed by atoms with Crippen LogP contribution in [0.4, 0.5) is 0 Å². The van der Waals surface area contributed by atoms with Gasteiger partial charge < -0.3 is 0 Å². The molecule has 0 saturated carbocycles. The lowest BCUT2D eigenvalue weighted by atomic mass is 9.90. The van der Waals surface area contributed by atoms with E-state index in [0.29, 0.717) is 17.8 Å². The molecule has 0 heterocycles. The maximum atomic E-state index is 5.96. The van der Waals surface area contributed by atoms with Gasteiger partial charge in [-0.15, -0.1) is 0 Å². The molecule has 2 unspecified atom stereocenters. The fraction of sp³-hybridized carbons (Fsp3) is 0.700. The van der Waals surface area contributed by atoms with Crippen LogP contribution in [-0.2, 0) is 0 Å². The Labute approximate surface area is 64.3 Å². The van der Waals surface area contributed by atoms with Gasteiger partial charge in [-0.3, -0.25) is 0 Å². The SMILES string of the molecule is [CH]C1C(C)C(C)=C(C)C1C. The summed E-state index contributed by atoms with van der Waals surface area (Å²) in [6, 6.07) is 0. The second kappa shape index (κ2) is 2.41. The van der Waals surface area contributed by atoms with Gasteiger partial charge in [-0.1, -0.05) is 25.0 Å². The van der Waals surface area contributed by atoms with Gasteiger partial charge in [-0.05, 0) is 38.5 Å². The Kier molecular flexibility index (Phi) is 1.89. The molecule has 0 spiro atoms. The molecule has 1 rings (SSSR count). The molecule has 0 aromatic heterocycles. The molecular weight excluding hydrogens is 120 g/mol. The maximum absolute atomic E-state index is 5.96. The smallest absolute Gasteiger partial charge is 0.0195 e. The van der Waals surface area contributed by atoms with E-state index in [4.69, 9.17) is 6.92 Å². The minimum Gasteiger partial charge on any atom is -0.0710 e. The van der Waals surface area contributed by atoms with E-state index < -0.39 is 0 Å². The molecule has 0 aromatic rings. The molecule has 2 radical (unpaired) electrons. The summed E-state index contributed by atoms with van der Waals surface area (Å²) in [5, 5.41) is 0. The van der Waals surface area contributed by atoms with Crippen molar-refractivity contribution in [2.24, 2.45) is 17.8 Å². The Morgan fingerprint density at radius 2 is 1.30 bits per heavy atom. The van der Waals surface area contributed by atoms with Gasteiger partial charge in [0.05, 0.1) is 0 Å². The summed E-state index contributed by atoms with van der Waals surface area (Å²) in [5.74, 6) is 1.55. The molecule has 0 amide bonds. The molecule has 0 N–H and O–H groups in total. The molecule has 0 nitrogen and oxygen atoms in total. The summed E-state index contributed by atoms with van der Waals surface area (Å²) in [4.78, 5) is 0. The van der Waals surface area contributed by atoms with Gasteiger partial charge >= 0.3 is 0 Å². The average molecular weight is 136 g/mol. The van der Waals surface area contributed by atoms with Crippen molar-refractivity contribution in [1.29, 1.82) is 0 Å². The summed E-state index contributed by atoms with van der Waals surface area (Å²) in [5.41, 5.74) is 3.00. The molecule has 0 heteroatoms. The molecule has 10 heavy (non-hydrogen) atoms. The van der Waals surface area contributed by atoms with E-state index in [-0.39, 0.29) is 0 Å². The van der Waals surface area contributed by atoms with Gasteiger partial charge in [-0.25, -0.2) is 0 Å². The van der Waals surface area contributed by atoms with E-state index in [9.17, 15) is 0 Å². The van der Waals surface area contributed by atoms with Crippen molar-refractivity contribution in [2.75, 3.05) is 0 Å². The van der Waals surface area contributed by atoms with Crippen molar-refractivity contribution in [3.05, 3.63) is 18.1 Å². The van der Waals surface area contributed by atoms with E-state index >= 15 is 0 Å². The number of rotatable bonds is 0. The van der Waals surface area contributed by atoms with Gasteiger partial charge in [0.1, 0.15) is 0 Å². The van der Waals surface area contributed by atoms with E-state index in [1.807, 2.05) is 0 Å². The second-order valence-electron chi connectivity index (χ2n) is 3.52. The molecule has 2 atom stereocenters. The normalized spacial score (nSPS) is 41.1. The van der Waals surface area contributed by atoms with Crippen LogP contribution in [-0.4, -0.2) is 0 Å². The van der Waals surface area contributed by atoms with Crippen molar-refractivity contribution >= 4 is 0 Å². The third-order valence-electron chi connectivity index (χ3n) is 3.14. The first kappa shape index (κ1) is 7.84. The quantitative estimate of drug-likeness (QED) is 0.449. The molecule has 1 aliphatic rings. The van der Waals surface area contributed by atoms with Crippen LogP contribution >= 0.6 is 0 Å². The van der Waals surface area contributed by atoms with Crippen LogP contribution in [0.2, 0.25) is 0 Å². The highest BCUT2D eigenvalue weighted by Gasteiger charge is 2.29. The zero-order chi connectivity index (χ0) is 7.89. The standard InChI is InChI=1S/C10H16/c1-6-7(2)9(4)10(5)8(6)3/h1,6-8H,2-5H3. The van der Waals surface area contributed by atoms with Crippen LogP contribution in [0.25, 0.3) is 0 Å². The van der Waals surface area contributed by atoms with Crippen LogP contribution < -0.4 is 0 Å². The summed E-state index contributed by atoms with van der Waals surface area (Å²) < 4.78 is 0.